The first kappa shape index (κ1) is 19.3. The van der Waals surface area contributed by atoms with Crippen molar-refractivity contribution < 1.29 is 15.0 Å². The van der Waals surface area contributed by atoms with Crippen LogP contribution in [0.3, 0.4) is 0 Å². The minimum absolute atomic E-state index is 0.0288. The van der Waals surface area contributed by atoms with Crippen LogP contribution in [-0.4, -0.2) is 26.2 Å². The number of thiophene rings is 1. The summed E-state index contributed by atoms with van der Waals surface area (Å²) in [5.41, 5.74) is 2.85. The predicted octanol–water partition coefficient (Wildman–Crippen LogP) is 4.28. The summed E-state index contributed by atoms with van der Waals surface area (Å²) in [6.45, 7) is 1.78. The number of aryl methyl sites for hydroxylation is 1. The van der Waals surface area contributed by atoms with Crippen LogP contribution in [0.1, 0.15) is 23.7 Å². The molecule has 27 heavy (non-hydrogen) atoms. The summed E-state index contributed by atoms with van der Waals surface area (Å²) in [5, 5.41) is 21.9. The van der Waals surface area contributed by atoms with Crippen molar-refractivity contribution in [2.75, 3.05) is 5.32 Å². The molecule has 0 aliphatic rings. The number of aliphatic hydroxyl groups is 1. The number of halogens is 1. The fourth-order valence-corrected chi connectivity index (χ4v) is 3.63. The highest BCUT2D eigenvalue weighted by molar-refractivity contribution is 7.19. The van der Waals surface area contributed by atoms with E-state index in [2.05, 4.69) is 15.3 Å². The smallest absolute Gasteiger partial charge is 0.307 e. The predicted molar refractivity (Wildman–Crippen MR) is 107 cm³/mol. The van der Waals surface area contributed by atoms with Gasteiger partial charge in [0.2, 0.25) is 0 Å². The number of anilines is 2. The third-order valence-corrected chi connectivity index (χ3v) is 5.18. The van der Waals surface area contributed by atoms with E-state index in [9.17, 15) is 9.90 Å². The Morgan fingerprint density at radius 2 is 1.93 bits per heavy atom. The molecule has 0 saturated carbocycles. The zero-order valence-corrected chi connectivity index (χ0v) is 16.1. The van der Waals surface area contributed by atoms with Gasteiger partial charge in [0.15, 0.2) is 5.82 Å². The second-order valence-electron chi connectivity index (χ2n) is 5.83. The van der Waals surface area contributed by atoms with Crippen molar-refractivity contribution in [3.05, 3.63) is 57.6 Å². The van der Waals surface area contributed by atoms with Crippen molar-refractivity contribution >= 4 is 40.4 Å². The first-order valence-corrected chi connectivity index (χ1v) is 9.53. The number of nitrogens with zero attached hydrogens (tertiary/aromatic N) is 2. The van der Waals surface area contributed by atoms with Crippen LogP contribution < -0.4 is 5.32 Å². The summed E-state index contributed by atoms with van der Waals surface area (Å²) in [5.74, 6) is 0.196. The van der Waals surface area contributed by atoms with Crippen molar-refractivity contribution in [1.82, 2.24) is 9.97 Å². The van der Waals surface area contributed by atoms with E-state index in [1.165, 1.54) is 11.3 Å². The molecule has 8 heteroatoms. The van der Waals surface area contributed by atoms with Crippen molar-refractivity contribution in [2.24, 2.45) is 0 Å². The lowest BCUT2D eigenvalue weighted by atomic mass is 10.1. The molecule has 0 saturated heterocycles. The Balaban J connectivity index is 1.96. The fourth-order valence-electron chi connectivity index (χ4n) is 2.65. The number of carbonyl (C=O) groups is 1. The van der Waals surface area contributed by atoms with Gasteiger partial charge >= 0.3 is 5.97 Å². The van der Waals surface area contributed by atoms with Gasteiger partial charge in [0.25, 0.3) is 0 Å². The molecule has 0 radical (unpaired) electrons. The molecule has 0 aliphatic heterocycles. The third-order valence-electron chi connectivity index (χ3n) is 3.95. The summed E-state index contributed by atoms with van der Waals surface area (Å²) in [4.78, 5) is 20.8. The topological polar surface area (TPSA) is 95.3 Å². The molecule has 2 aromatic heterocycles. The number of carboxylic acids is 1. The second-order valence-corrected chi connectivity index (χ2v) is 7.54. The van der Waals surface area contributed by atoms with Crippen molar-refractivity contribution in [2.45, 2.75) is 26.4 Å². The Bertz CT molecular complexity index is 957. The third kappa shape index (κ3) is 4.63. The minimum atomic E-state index is -0.874. The highest BCUT2D eigenvalue weighted by Crippen LogP contribution is 2.32. The van der Waals surface area contributed by atoms with Crippen molar-refractivity contribution in [3.8, 4) is 10.7 Å². The van der Waals surface area contributed by atoms with Gasteiger partial charge in [0, 0.05) is 11.3 Å². The van der Waals surface area contributed by atoms with Crippen molar-refractivity contribution in [3.63, 3.8) is 0 Å². The molecule has 3 rings (SSSR count). The molecule has 140 valence electrons. The van der Waals surface area contributed by atoms with Gasteiger partial charge in [0.05, 0.1) is 27.9 Å². The van der Waals surface area contributed by atoms with Gasteiger partial charge in [-0.15, -0.1) is 11.3 Å². The highest BCUT2D eigenvalue weighted by Gasteiger charge is 2.15. The number of hydrogen-bond acceptors (Lipinski definition) is 6. The number of aromatic nitrogens is 2. The van der Waals surface area contributed by atoms with E-state index in [1.54, 1.807) is 30.3 Å². The summed E-state index contributed by atoms with van der Waals surface area (Å²) in [6.07, 6.45) is 0.621. The lowest BCUT2D eigenvalue weighted by molar-refractivity contribution is -0.136. The van der Waals surface area contributed by atoms with E-state index in [0.29, 0.717) is 33.5 Å². The molecule has 0 atom stereocenters. The first-order valence-electron chi connectivity index (χ1n) is 8.34. The normalized spacial score (nSPS) is 10.8. The Morgan fingerprint density at radius 3 is 2.48 bits per heavy atom. The number of hydrogen-bond donors (Lipinski definition) is 3. The number of aliphatic carboxylic acids is 1. The maximum Gasteiger partial charge on any atom is 0.307 e. The Morgan fingerprint density at radius 1 is 1.19 bits per heavy atom. The molecular formula is C19H18ClN3O3S. The van der Waals surface area contributed by atoms with Crippen LogP contribution in [0.4, 0.5) is 11.5 Å². The summed E-state index contributed by atoms with van der Waals surface area (Å²) < 4.78 is 0.654. The number of aliphatic hydroxyl groups excluding tert-OH is 1. The van der Waals surface area contributed by atoms with Gasteiger partial charge < -0.3 is 15.5 Å². The Labute approximate surface area is 165 Å². The average Bonchev–Trinajstić information content (AvgIpc) is 3.08. The van der Waals surface area contributed by atoms with E-state index < -0.39 is 5.97 Å². The van der Waals surface area contributed by atoms with Gasteiger partial charge in [-0.2, -0.15) is 0 Å². The van der Waals surface area contributed by atoms with E-state index in [0.717, 1.165) is 16.3 Å². The molecule has 3 N–H and O–H groups in total. The quantitative estimate of drug-likeness (QED) is 0.544. The van der Waals surface area contributed by atoms with Crippen LogP contribution in [0, 0.1) is 0 Å². The van der Waals surface area contributed by atoms with Gasteiger partial charge in [-0.3, -0.25) is 4.79 Å². The van der Waals surface area contributed by atoms with Crippen LogP contribution in [0.25, 0.3) is 10.7 Å². The largest absolute Gasteiger partial charge is 0.481 e. The van der Waals surface area contributed by atoms with Gasteiger partial charge in [-0.25, -0.2) is 9.97 Å². The molecule has 3 aromatic rings. The van der Waals surface area contributed by atoms with Crippen LogP contribution in [-0.2, 0) is 24.2 Å². The highest BCUT2D eigenvalue weighted by atomic mass is 35.5. The summed E-state index contributed by atoms with van der Waals surface area (Å²) >= 11 is 7.42. The fraction of sp³-hybridized carbons (Fsp3) is 0.211. The molecule has 6 nitrogen and oxygen atoms in total. The van der Waals surface area contributed by atoms with E-state index in [1.807, 2.05) is 13.0 Å². The van der Waals surface area contributed by atoms with Gasteiger partial charge in [-0.1, -0.05) is 30.7 Å². The lowest BCUT2D eigenvalue weighted by Gasteiger charge is -2.14. The van der Waals surface area contributed by atoms with Crippen LogP contribution in [0.5, 0.6) is 0 Å². The molecule has 0 aliphatic carbocycles. The zero-order valence-electron chi connectivity index (χ0n) is 14.6. The van der Waals surface area contributed by atoms with Gasteiger partial charge in [-0.05, 0) is 36.2 Å². The second kappa shape index (κ2) is 8.47. The van der Waals surface area contributed by atoms with E-state index in [4.69, 9.17) is 16.7 Å². The maximum atomic E-state index is 10.8. The monoisotopic (exact) mass is 403 g/mol. The summed E-state index contributed by atoms with van der Waals surface area (Å²) in [7, 11) is 0. The molecule has 0 fully saturated rings. The number of benzene rings is 1. The Hall–Kier alpha value is -2.48. The molecule has 2 heterocycles. The van der Waals surface area contributed by atoms with Crippen LogP contribution >= 0.6 is 22.9 Å². The first-order chi connectivity index (χ1) is 13.0. The Kier molecular flexibility index (Phi) is 6.05. The van der Waals surface area contributed by atoms with E-state index in [-0.39, 0.29) is 13.0 Å². The number of rotatable bonds is 7. The molecule has 0 unspecified atom stereocenters. The lowest BCUT2D eigenvalue weighted by Crippen LogP contribution is -2.07. The average molecular weight is 404 g/mol. The van der Waals surface area contributed by atoms with E-state index >= 15 is 0 Å². The molecule has 0 spiro atoms. The van der Waals surface area contributed by atoms with Crippen LogP contribution in [0.2, 0.25) is 4.34 Å². The molecule has 1 aromatic carbocycles. The molecule has 0 amide bonds. The van der Waals surface area contributed by atoms with Crippen molar-refractivity contribution in [1.29, 1.82) is 0 Å². The molecular weight excluding hydrogens is 386 g/mol. The summed E-state index contributed by atoms with van der Waals surface area (Å²) in [6, 6.07) is 10.7. The SMILES string of the molecule is CCc1nc(-c2ccc(Cl)s2)nc(Nc2ccc(CC(=O)O)cc2)c1CO. The maximum absolute atomic E-state index is 10.8. The minimum Gasteiger partial charge on any atom is -0.481 e. The number of nitrogens with one attached hydrogen (secondary N) is 1. The zero-order chi connectivity index (χ0) is 19.4. The standard InChI is InChI=1S/C19H18ClN3O3S/c1-2-14-13(10-24)18(23-19(22-14)15-7-8-16(20)27-15)21-12-5-3-11(4-6-12)9-17(25)26/h3-8,24H,2,9-10H2,1H3,(H,25,26)(H,21,22,23). The van der Waals surface area contributed by atoms with Gasteiger partial charge in [0.1, 0.15) is 5.82 Å². The molecule has 0 bridgehead atoms. The number of carboxylic acid groups (broad SMARTS) is 1. The van der Waals surface area contributed by atoms with Crippen LogP contribution in [0.15, 0.2) is 36.4 Å².